The van der Waals surface area contributed by atoms with Gasteiger partial charge in [0.1, 0.15) is 54.1 Å². The Morgan fingerprint density at radius 1 is 0.620 bits per heavy atom. The number of likely N-dealkylation sites (N-methyl/N-ethyl adjacent to an activating group) is 5. The van der Waals surface area contributed by atoms with E-state index >= 15 is 0 Å². The standard InChI is InChI=1S/C57H93N9O13/c1-18-35(9)47-49(69)58-31-43(68)62(13)45(33(5)6)50(70)59-40(30-38-23-25-39(78-17)26-24-38)57(77)79-37(11)52(72)66-28-21-20-22-42(66)54(74)63(14)46(34(7)8)51(71)60-44(32(3)4)55(75)61(12)41(27-29-67)53(73)65(16)48(36(10)19-2)56(76)64(47)15/h23-26,32-37,40-42,44-48,67H,18-22,27-31H2,1-17H3,(H,58,69)(H,59,70)(H,60,71)/t35?,36?,37-,40+,41+,42+,44+,45+,46+,47+,48+/m1/s1. The molecular weight excluding hydrogens is 1020 g/mol. The number of aliphatic hydroxyl groups is 1. The van der Waals surface area contributed by atoms with Crippen molar-refractivity contribution >= 4 is 59.1 Å². The number of esters is 1. The van der Waals surface area contributed by atoms with Gasteiger partial charge in [-0.25, -0.2) is 4.79 Å². The molecule has 22 nitrogen and oxygen atoms in total. The molecule has 79 heavy (non-hydrogen) atoms. The molecule has 2 aliphatic rings. The number of benzene rings is 1. The number of fused-ring (bicyclic) bond motifs is 1. The number of methoxy groups -OCH3 is 1. The Bertz CT molecular complexity index is 2300. The fourth-order valence-corrected chi connectivity index (χ4v) is 10.7. The number of piperidine rings is 1. The number of rotatable bonds is 12. The Morgan fingerprint density at radius 3 is 1.68 bits per heavy atom. The van der Waals surface area contributed by atoms with Crippen molar-refractivity contribution in [3.05, 3.63) is 29.8 Å². The summed E-state index contributed by atoms with van der Waals surface area (Å²) in [7, 11) is 8.60. The van der Waals surface area contributed by atoms with Crippen molar-refractivity contribution in [2.24, 2.45) is 29.6 Å². The van der Waals surface area contributed by atoms with Crippen LogP contribution in [-0.2, 0) is 59.1 Å². The number of cyclic esters (lactones) is 1. The van der Waals surface area contributed by atoms with Gasteiger partial charge in [0, 0.05) is 54.8 Å². The molecule has 0 bridgehead atoms. The fraction of sp³-hybridized carbons (Fsp3) is 0.719. The molecule has 1 aromatic rings. The second-order valence-electron chi connectivity index (χ2n) is 22.6. The molecule has 0 aliphatic carbocycles. The number of aliphatic hydroxyl groups excluding tert-OH is 1. The van der Waals surface area contributed by atoms with E-state index in [0.29, 0.717) is 37.0 Å². The Balaban J connectivity index is 2.26. The zero-order valence-electron chi connectivity index (χ0n) is 50.0. The second kappa shape index (κ2) is 30.3. The average Bonchev–Trinajstić information content (AvgIpc) is 3.41. The number of hydrogen-bond acceptors (Lipinski definition) is 13. The summed E-state index contributed by atoms with van der Waals surface area (Å²) in [5, 5.41) is 18.6. The first-order chi connectivity index (χ1) is 37.0. The lowest BCUT2D eigenvalue weighted by Gasteiger charge is -2.41. The quantitative estimate of drug-likeness (QED) is 0.219. The van der Waals surface area contributed by atoms with Gasteiger partial charge in [0.15, 0.2) is 6.10 Å². The molecule has 9 amide bonds. The smallest absolute Gasteiger partial charge is 0.329 e. The molecule has 2 heterocycles. The first-order valence-electron chi connectivity index (χ1n) is 28.0. The van der Waals surface area contributed by atoms with Crippen LogP contribution in [0, 0.1) is 29.6 Å². The molecule has 0 spiro atoms. The van der Waals surface area contributed by atoms with Crippen LogP contribution < -0.4 is 20.7 Å². The van der Waals surface area contributed by atoms with E-state index in [-0.39, 0.29) is 25.8 Å². The number of hydrogen-bond donors (Lipinski definition) is 4. The topological polar surface area (TPSA) is 265 Å². The monoisotopic (exact) mass is 1110 g/mol. The Hall–Kier alpha value is -6.32. The van der Waals surface area contributed by atoms with Gasteiger partial charge in [0.05, 0.1) is 13.7 Å². The lowest BCUT2D eigenvalue weighted by molar-refractivity contribution is -0.165. The van der Waals surface area contributed by atoms with Gasteiger partial charge in [-0.05, 0) is 79.9 Å². The largest absolute Gasteiger partial charge is 0.497 e. The van der Waals surface area contributed by atoms with Gasteiger partial charge in [0.2, 0.25) is 47.3 Å². The highest BCUT2D eigenvalue weighted by molar-refractivity contribution is 5.99. The van der Waals surface area contributed by atoms with Crippen LogP contribution in [0.4, 0.5) is 0 Å². The van der Waals surface area contributed by atoms with Crippen LogP contribution in [0.15, 0.2) is 24.3 Å². The third kappa shape index (κ3) is 16.6. The summed E-state index contributed by atoms with van der Waals surface area (Å²) >= 11 is 0. The van der Waals surface area contributed by atoms with Gasteiger partial charge in [0.25, 0.3) is 5.91 Å². The van der Waals surface area contributed by atoms with Gasteiger partial charge in [-0.2, -0.15) is 0 Å². The zero-order valence-corrected chi connectivity index (χ0v) is 50.0. The molecule has 0 aromatic heterocycles. The molecule has 2 saturated heterocycles. The van der Waals surface area contributed by atoms with Crippen molar-refractivity contribution in [1.29, 1.82) is 0 Å². The van der Waals surface area contributed by atoms with E-state index in [1.165, 1.54) is 73.8 Å². The minimum Gasteiger partial charge on any atom is -0.497 e. The first-order valence-corrected chi connectivity index (χ1v) is 28.0. The van der Waals surface area contributed by atoms with Crippen LogP contribution in [-0.4, -0.2) is 210 Å². The molecular formula is C57H93N9O13. The summed E-state index contributed by atoms with van der Waals surface area (Å²) in [5.41, 5.74) is 0.593. The third-order valence-corrected chi connectivity index (χ3v) is 15.9. The maximum Gasteiger partial charge on any atom is 0.329 e. The first kappa shape index (κ1) is 67.0. The van der Waals surface area contributed by atoms with E-state index < -0.39 is 156 Å². The minimum absolute atomic E-state index is 0.101. The predicted octanol–water partition coefficient (Wildman–Crippen LogP) is 2.23. The average molecular weight is 1110 g/mol. The van der Waals surface area contributed by atoms with Gasteiger partial charge in [-0.15, -0.1) is 0 Å². The summed E-state index contributed by atoms with van der Waals surface area (Å²) in [6.45, 7) is 17.9. The summed E-state index contributed by atoms with van der Waals surface area (Å²) in [5.74, 6) is -8.90. The van der Waals surface area contributed by atoms with Gasteiger partial charge >= 0.3 is 5.97 Å². The SMILES string of the molecule is CCC(C)[C@H]1C(=O)NCC(=O)N(C)[C@@H](C(C)C)C(=O)N[C@@H](Cc2ccc(OC)cc2)C(=O)O[C@H](C)C(=O)N2CCCC[C@H]2C(=O)N(C)[C@@H](C(C)C)C(=O)N[C@@H](C(C)C)C(=O)N(C)[C@@H](CCO)C(=O)N(C)[C@@H](C(C)CC)C(=O)N1C. The lowest BCUT2D eigenvalue weighted by atomic mass is 9.92. The highest BCUT2D eigenvalue weighted by Gasteiger charge is 2.45. The molecule has 2 fully saturated rings. The van der Waals surface area contributed by atoms with Crippen LogP contribution in [0.25, 0.3) is 0 Å². The Kier molecular flexibility index (Phi) is 25.7. The number of ether oxygens (including phenoxy) is 2. The van der Waals surface area contributed by atoms with Crippen LogP contribution in [0.1, 0.15) is 120 Å². The summed E-state index contributed by atoms with van der Waals surface area (Å²) in [6.07, 6.45) is 0.388. The van der Waals surface area contributed by atoms with Crippen LogP contribution >= 0.6 is 0 Å². The number of carbonyl (C=O) groups excluding carboxylic acids is 10. The number of nitrogens with one attached hydrogen (secondary N) is 3. The number of nitrogens with zero attached hydrogens (tertiary/aromatic N) is 6. The molecule has 2 unspecified atom stereocenters. The number of amides is 9. The zero-order chi connectivity index (χ0) is 59.9. The maximum absolute atomic E-state index is 14.9. The van der Waals surface area contributed by atoms with Gasteiger partial charge < -0.3 is 59.9 Å². The maximum atomic E-state index is 14.9. The minimum atomic E-state index is -1.45. The second-order valence-corrected chi connectivity index (χ2v) is 22.6. The molecule has 4 N–H and O–H groups in total. The van der Waals surface area contributed by atoms with Crippen LogP contribution in [0.2, 0.25) is 0 Å². The molecule has 0 radical (unpaired) electrons. The molecule has 22 heteroatoms. The Morgan fingerprint density at radius 2 is 1.15 bits per heavy atom. The molecule has 2 aliphatic heterocycles. The highest BCUT2D eigenvalue weighted by atomic mass is 16.5. The van der Waals surface area contributed by atoms with Crippen molar-refractivity contribution in [2.45, 2.75) is 176 Å². The van der Waals surface area contributed by atoms with Crippen LogP contribution in [0.5, 0.6) is 5.75 Å². The van der Waals surface area contributed by atoms with Gasteiger partial charge in [-0.3, -0.25) is 43.2 Å². The van der Waals surface area contributed by atoms with E-state index in [9.17, 15) is 53.1 Å². The van der Waals surface area contributed by atoms with Crippen molar-refractivity contribution in [3.8, 4) is 5.75 Å². The molecule has 1 aromatic carbocycles. The predicted molar refractivity (Wildman–Crippen MR) is 296 cm³/mol. The van der Waals surface area contributed by atoms with Gasteiger partial charge in [-0.1, -0.05) is 94.2 Å². The number of carbonyl (C=O) groups is 10. The normalized spacial score (nSPS) is 27.0. The van der Waals surface area contributed by atoms with Crippen LogP contribution in [0.3, 0.4) is 0 Å². The molecule has 11 atom stereocenters. The molecule has 3 rings (SSSR count). The van der Waals surface area contributed by atoms with E-state index in [2.05, 4.69) is 16.0 Å². The summed E-state index contributed by atoms with van der Waals surface area (Å²) in [4.78, 5) is 153. The molecule has 0 saturated carbocycles. The van der Waals surface area contributed by atoms with Crippen molar-refractivity contribution < 1.29 is 62.5 Å². The van der Waals surface area contributed by atoms with E-state index in [4.69, 9.17) is 9.47 Å². The fourth-order valence-electron chi connectivity index (χ4n) is 10.7. The highest BCUT2D eigenvalue weighted by Crippen LogP contribution is 2.26. The van der Waals surface area contributed by atoms with E-state index in [0.717, 1.165) is 4.90 Å². The molecule has 444 valence electrons. The lowest BCUT2D eigenvalue weighted by Crippen LogP contribution is -2.63. The van der Waals surface area contributed by atoms with Crippen molar-refractivity contribution in [1.82, 2.24) is 45.3 Å². The van der Waals surface area contributed by atoms with Crippen molar-refractivity contribution in [2.75, 3.05) is 62.0 Å². The van der Waals surface area contributed by atoms with Crippen molar-refractivity contribution in [3.63, 3.8) is 0 Å². The third-order valence-electron chi connectivity index (χ3n) is 15.9. The summed E-state index contributed by atoms with van der Waals surface area (Å²) < 4.78 is 11.2. The Labute approximate surface area is 468 Å². The van der Waals surface area contributed by atoms with E-state index in [1.54, 1.807) is 79.7 Å². The summed E-state index contributed by atoms with van der Waals surface area (Å²) in [6, 6.07) is -2.92. The van der Waals surface area contributed by atoms with E-state index in [1.807, 2.05) is 13.8 Å².